The second-order valence-electron chi connectivity index (χ2n) is 6.97. The molecule has 0 spiro atoms. The van der Waals surface area contributed by atoms with Crippen molar-refractivity contribution in [1.82, 2.24) is 25.0 Å². The zero-order valence-electron chi connectivity index (χ0n) is 16.4. The maximum atomic E-state index is 12.6. The Morgan fingerprint density at radius 3 is 2.93 bits per heavy atom. The van der Waals surface area contributed by atoms with E-state index in [0.717, 1.165) is 48.6 Å². The molecule has 27 heavy (non-hydrogen) atoms. The monoisotopic (exact) mass is 371 g/mol. The lowest BCUT2D eigenvalue weighted by molar-refractivity contribution is -0.00168. The third kappa shape index (κ3) is 4.86. The Hall–Kier alpha value is -2.41. The molecule has 1 fully saturated rings. The first-order valence-corrected chi connectivity index (χ1v) is 9.65. The van der Waals surface area contributed by atoms with Crippen LogP contribution in [0.2, 0.25) is 0 Å². The molecule has 7 nitrogen and oxygen atoms in total. The zero-order chi connectivity index (χ0) is 19.2. The maximum Gasteiger partial charge on any atom is 0.317 e. The molecule has 0 aromatic carbocycles. The Bertz CT molecular complexity index is 759. The van der Waals surface area contributed by atoms with Crippen LogP contribution in [-0.2, 0) is 24.4 Å². The molecule has 2 amide bonds. The number of piperidine rings is 1. The van der Waals surface area contributed by atoms with Gasteiger partial charge >= 0.3 is 6.03 Å². The van der Waals surface area contributed by atoms with Gasteiger partial charge in [-0.05, 0) is 45.7 Å². The number of carbonyl (C=O) groups is 1. The number of likely N-dealkylation sites (tertiary alicyclic amines) is 1. The average molecular weight is 371 g/mol. The van der Waals surface area contributed by atoms with E-state index in [1.807, 2.05) is 41.6 Å². The fourth-order valence-electron chi connectivity index (χ4n) is 3.52. The molecule has 3 rings (SSSR count). The van der Waals surface area contributed by atoms with E-state index in [1.165, 1.54) is 0 Å². The van der Waals surface area contributed by atoms with Gasteiger partial charge in [-0.3, -0.25) is 9.67 Å². The van der Waals surface area contributed by atoms with E-state index in [9.17, 15) is 4.79 Å². The van der Waals surface area contributed by atoms with Gasteiger partial charge < -0.3 is 15.0 Å². The lowest BCUT2D eigenvalue weighted by atomic mass is 10.1. The number of hydrogen-bond acceptors (Lipinski definition) is 4. The summed E-state index contributed by atoms with van der Waals surface area (Å²) in [7, 11) is 0. The van der Waals surface area contributed by atoms with Gasteiger partial charge in [0, 0.05) is 43.6 Å². The minimum Gasteiger partial charge on any atom is -0.370 e. The van der Waals surface area contributed by atoms with E-state index >= 15 is 0 Å². The second kappa shape index (κ2) is 8.99. The molecule has 1 atom stereocenters. The fraction of sp³-hybridized carbons (Fsp3) is 0.550. The summed E-state index contributed by atoms with van der Waals surface area (Å²) in [4.78, 5) is 18.7. The quantitative estimate of drug-likeness (QED) is 0.847. The van der Waals surface area contributed by atoms with E-state index in [-0.39, 0.29) is 12.1 Å². The van der Waals surface area contributed by atoms with Crippen molar-refractivity contribution in [3.05, 3.63) is 47.0 Å². The van der Waals surface area contributed by atoms with Crippen molar-refractivity contribution in [3.63, 3.8) is 0 Å². The molecule has 0 bridgehead atoms. The first-order valence-electron chi connectivity index (χ1n) is 9.65. The summed E-state index contributed by atoms with van der Waals surface area (Å²) in [6.07, 6.45) is 3.74. The van der Waals surface area contributed by atoms with Crippen molar-refractivity contribution < 1.29 is 9.53 Å². The molecule has 1 aliphatic heterocycles. The molecule has 1 saturated heterocycles. The molecule has 0 radical (unpaired) electrons. The molecular weight excluding hydrogens is 342 g/mol. The number of pyridine rings is 1. The molecule has 1 aliphatic rings. The van der Waals surface area contributed by atoms with Crippen LogP contribution in [0.1, 0.15) is 42.4 Å². The molecule has 0 saturated carbocycles. The van der Waals surface area contributed by atoms with Crippen molar-refractivity contribution >= 4 is 6.03 Å². The van der Waals surface area contributed by atoms with Crippen molar-refractivity contribution in [3.8, 4) is 0 Å². The van der Waals surface area contributed by atoms with Crippen LogP contribution in [0.15, 0.2) is 24.4 Å². The number of urea groups is 1. The topological polar surface area (TPSA) is 72.3 Å². The van der Waals surface area contributed by atoms with Crippen molar-refractivity contribution in [2.75, 3.05) is 13.1 Å². The predicted molar refractivity (Wildman–Crippen MR) is 103 cm³/mol. The van der Waals surface area contributed by atoms with Crippen molar-refractivity contribution in [1.29, 1.82) is 0 Å². The van der Waals surface area contributed by atoms with Crippen molar-refractivity contribution in [2.24, 2.45) is 0 Å². The van der Waals surface area contributed by atoms with Gasteiger partial charge in [0.05, 0.1) is 24.1 Å². The highest BCUT2D eigenvalue weighted by Crippen LogP contribution is 2.16. The third-order valence-corrected chi connectivity index (χ3v) is 5.11. The van der Waals surface area contributed by atoms with Crippen LogP contribution in [0, 0.1) is 13.8 Å². The Morgan fingerprint density at radius 2 is 2.22 bits per heavy atom. The molecule has 146 valence electrons. The largest absolute Gasteiger partial charge is 0.370 e. The molecule has 3 heterocycles. The van der Waals surface area contributed by atoms with Gasteiger partial charge in [0.15, 0.2) is 0 Å². The van der Waals surface area contributed by atoms with E-state index in [4.69, 9.17) is 4.74 Å². The summed E-state index contributed by atoms with van der Waals surface area (Å²) < 4.78 is 7.94. The smallest absolute Gasteiger partial charge is 0.317 e. The molecule has 1 N–H and O–H groups in total. The number of nitrogens with one attached hydrogen (secondary N) is 1. The molecule has 7 heteroatoms. The highest BCUT2D eigenvalue weighted by molar-refractivity contribution is 5.74. The first-order chi connectivity index (χ1) is 13.1. The van der Waals surface area contributed by atoms with Crippen LogP contribution in [0.5, 0.6) is 0 Å². The number of amides is 2. The van der Waals surface area contributed by atoms with Crippen LogP contribution < -0.4 is 5.32 Å². The number of hydrogen-bond donors (Lipinski definition) is 1. The molecule has 0 aliphatic carbocycles. The summed E-state index contributed by atoms with van der Waals surface area (Å²) in [5.74, 6) is 0. The Balaban J connectivity index is 1.50. The number of ether oxygens (including phenoxy) is 1. The summed E-state index contributed by atoms with van der Waals surface area (Å²) in [5, 5.41) is 7.56. The Labute approximate surface area is 160 Å². The number of aryl methyl sites for hydroxylation is 2. The van der Waals surface area contributed by atoms with Gasteiger partial charge in [0.1, 0.15) is 0 Å². The third-order valence-electron chi connectivity index (χ3n) is 5.11. The van der Waals surface area contributed by atoms with Gasteiger partial charge in [-0.2, -0.15) is 5.10 Å². The van der Waals surface area contributed by atoms with Crippen LogP contribution >= 0.6 is 0 Å². The summed E-state index contributed by atoms with van der Waals surface area (Å²) in [5.41, 5.74) is 4.11. The number of rotatable bonds is 6. The first kappa shape index (κ1) is 19.4. The van der Waals surface area contributed by atoms with Gasteiger partial charge in [0.25, 0.3) is 0 Å². The second-order valence-corrected chi connectivity index (χ2v) is 6.97. The standard InChI is InChI=1S/C20H29N5O2/c1-4-25-16(3)19(15(2)23-25)12-22-20(26)24-11-7-9-18(13-24)27-14-17-8-5-6-10-21-17/h5-6,8,10,18H,4,7,9,11-14H2,1-3H3,(H,22,26). The number of nitrogens with zero attached hydrogens (tertiary/aromatic N) is 4. The number of carbonyl (C=O) groups excluding carboxylic acids is 1. The molecule has 2 aromatic rings. The highest BCUT2D eigenvalue weighted by atomic mass is 16.5. The van der Waals surface area contributed by atoms with Gasteiger partial charge in [-0.25, -0.2) is 4.79 Å². The van der Waals surface area contributed by atoms with Crippen LogP contribution in [-0.4, -0.2) is 44.9 Å². The van der Waals surface area contributed by atoms with Crippen molar-refractivity contribution in [2.45, 2.75) is 59.4 Å². The highest BCUT2D eigenvalue weighted by Gasteiger charge is 2.24. The predicted octanol–water partition coefficient (Wildman–Crippen LogP) is 2.81. The van der Waals surface area contributed by atoms with Crippen LogP contribution in [0.25, 0.3) is 0 Å². The number of aromatic nitrogens is 3. The zero-order valence-corrected chi connectivity index (χ0v) is 16.4. The Morgan fingerprint density at radius 1 is 1.37 bits per heavy atom. The maximum absolute atomic E-state index is 12.6. The van der Waals surface area contributed by atoms with E-state index < -0.39 is 0 Å². The molecular formula is C20H29N5O2. The van der Waals surface area contributed by atoms with E-state index in [2.05, 4.69) is 22.3 Å². The molecule has 1 unspecified atom stereocenters. The van der Waals surface area contributed by atoms with Gasteiger partial charge in [-0.15, -0.1) is 0 Å². The van der Waals surface area contributed by atoms with E-state index in [0.29, 0.717) is 19.7 Å². The van der Waals surface area contributed by atoms with E-state index in [1.54, 1.807) is 6.20 Å². The minimum absolute atomic E-state index is 0.0378. The summed E-state index contributed by atoms with van der Waals surface area (Å²) in [6.45, 7) is 9.31. The van der Waals surface area contributed by atoms with Gasteiger partial charge in [-0.1, -0.05) is 6.07 Å². The van der Waals surface area contributed by atoms with Gasteiger partial charge in [0.2, 0.25) is 0 Å². The van der Waals surface area contributed by atoms with Crippen LogP contribution in [0.3, 0.4) is 0 Å². The summed E-state index contributed by atoms with van der Waals surface area (Å²) in [6, 6.07) is 5.76. The fourth-order valence-corrected chi connectivity index (χ4v) is 3.52. The lowest BCUT2D eigenvalue weighted by Gasteiger charge is -2.32. The normalized spacial score (nSPS) is 17.1. The molecule has 2 aromatic heterocycles. The summed E-state index contributed by atoms with van der Waals surface area (Å²) >= 11 is 0. The Kier molecular flexibility index (Phi) is 6.45. The lowest BCUT2D eigenvalue weighted by Crippen LogP contribution is -2.47. The van der Waals surface area contributed by atoms with Crippen LogP contribution in [0.4, 0.5) is 4.79 Å². The average Bonchev–Trinajstić information content (AvgIpc) is 2.98. The SMILES string of the molecule is CCn1nc(C)c(CNC(=O)N2CCCC(OCc3ccccn3)C2)c1C. The minimum atomic E-state index is -0.0378.